The Kier molecular flexibility index (Phi) is 12.3. The zero-order valence-electron chi connectivity index (χ0n) is 25.3. The second kappa shape index (κ2) is 14.5. The molecule has 9 heteroatoms. The van der Waals surface area contributed by atoms with Crippen molar-refractivity contribution in [2.75, 3.05) is 14.1 Å². The number of nitrogens with zero attached hydrogens (tertiary/aromatic N) is 1. The number of ether oxygens (including phenoxy) is 4. The number of hydrogen-bond donors (Lipinski definition) is 0. The van der Waals surface area contributed by atoms with Gasteiger partial charge in [-0.15, -0.1) is 0 Å². The standard InChI is InChI=1S/C30H49NO8/c1-11-25-16(2)12-13-24(33)17(3)14-18(4)27(20(6)26(34)21(7)29(35)38-25)39-30-28(37-22(8)32)23(31(9)10)15-19(5)36-30/h12-13,16-21,23,25,27-28,30H,11,14-15H2,1-10H3/b13-12+/t16-,17-,18+,19-,20+,21-,23+,25-,27+,28-,30+/m1/s1. The normalized spacial score (nSPS) is 40.1. The maximum atomic E-state index is 13.6. The highest BCUT2D eigenvalue weighted by Gasteiger charge is 2.45. The largest absolute Gasteiger partial charge is 0.461 e. The van der Waals surface area contributed by atoms with Gasteiger partial charge >= 0.3 is 11.9 Å². The number of rotatable bonds is 5. The molecule has 0 unspecified atom stereocenters. The first kappa shape index (κ1) is 33.1. The van der Waals surface area contributed by atoms with Crippen LogP contribution in [0.5, 0.6) is 0 Å². The van der Waals surface area contributed by atoms with E-state index >= 15 is 0 Å². The summed E-state index contributed by atoms with van der Waals surface area (Å²) in [5, 5.41) is 0. The molecule has 11 atom stereocenters. The van der Waals surface area contributed by atoms with Gasteiger partial charge in [0.25, 0.3) is 0 Å². The molecule has 2 aliphatic rings. The highest BCUT2D eigenvalue weighted by atomic mass is 16.7. The number of esters is 2. The summed E-state index contributed by atoms with van der Waals surface area (Å²) < 4.78 is 24.1. The maximum absolute atomic E-state index is 13.6. The summed E-state index contributed by atoms with van der Waals surface area (Å²) in [5.74, 6) is -3.81. The van der Waals surface area contributed by atoms with Gasteiger partial charge in [0.15, 0.2) is 24.0 Å². The Morgan fingerprint density at radius 1 is 1.03 bits per heavy atom. The van der Waals surface area contributed by atoms with Gasteiger partial charge in [-0.3, -0.25) is 19.2 Å². The Labute approximate surface area is 233 Å². The number of carbonyl (C=O) groups excluding carboxylic acids is 4. The molecule has 0 amide bonds. The van der Waals surface area contributed by atoms with E-state index < -0.39 is 48.4 Å². The van der Waals surface area contributed by atoms with E-state index in [0.717, 1.165) is 0 Å². The third-order valence-corrected chi connectivity index (χ3v) is 8.16. The van der Waals surface area contributed by atoms with Crippen molar-refractivity contribution in [1.29, 1.82) is 0 Å². The second-order valence-corrected chi connectivity index (χ2v) is 11.8. The summed E-state index contributed by atoms with van der Waals surface area (Å²) in [5.41, 5.74) is 0. The molecule has 0 aromatic heterocycles. The zero-order chi connectivity index (χ0) is 29.6. The van der Waals surface area contributed by atoms with Gasteiger partial charge in [-0.2, -0.15) is 0 Å². The molecule has 0 radical (unpaired) electrons. The van der Waals surface area contributed by atoms with E-state index in [4.69, 9.17) is 18.9 Å². The molecule has 2 aliphatic heterocycles. The third-order valence-electron chi connectivity index (χ3n) is 8.16. The van der Waals surface area contributed by atoms with Crippen molar-refractivity contribution < 1.29 is 38.1 Å². The fourth-order valence-electron chi connectivity index (χ4n) is 5.69. The van der Waals surface area contributed by atoms with E-state index in [1.807, 2.05) is 53.6 Å². The molecule has 0 saturated carbocycles. The molecule has 1 saturated heterocycles. The van der Waals surface area contributed by atoms with Crippen LogP contribution in [0.3, 0.4) is 0 Å². The SMILES string of the molecule is CC[C@H]1OC(=O)[C@H](C)C(=O)[C@H](C)[C@@H](O[C@@H]2O[C@H](C)C[C@H](N(C)C)[C@H]2OC(C)=O)[C@@H](C)C[C@@H](C)C(=O)/C=C/[C@H]1C. The number of likely N-dealkylation sites (N-methyl/N-ethyl adjacent to an activating group) is 1. The van der Waals surface area contributed by atoms with Crippen LogP contribution >= 0.6 is 0 Å². The van der Waals surface area contributed by atoms with Gasteiger partial charge in [-0.05, 0) is 59.2 Å². The quantitative estimate of drug-likeness (QED) is 0.370. The summed E-state index contributed by atoms with van der Waals surface area (Å²) >= 11 is 0. The molecule has 0 spiro atoms. The zero-order valence-corrected chi connectivity index (χ0v) is 25.3. The Balaban J connectivity index is 2.48. The minimum atomic E-state index is -0.990. The van der Waals surface area contributed by atoms with E-state index in [-0.39, 0.29) is 41.5 Å². The average Bonchev–Trinajstić information content (AvgIpc) is 2.87. The van der Waals surface area contributed by atoms with Crippen LogP contribution in [-0.4, -0.2) is 79.2 Å². The molecule has 9 nitrogen and oxygen atoms in total. The third kappa shape index (κ3) is 8.69. The molecule has 2 heterocycles. The lowest BCUT2D eigenvalue weighted by atomic mass is 9.80. The first-order valence-electron chi connectivity index (χ1n) is 14.3. The lowest BCUT2D eigenvalue weighted by Gasteiger charge is -2.45. The van der Waals surface area contributed by atoms with Crippen molar-refractivity contribution in [3.05, 3.63) is 12.2 Å². The van der Waals surface area contributed by atoms with Crippen LogP contribution in [0, 0.1) is 29.6 Å². The molecule has 0 N–H and O–H groups in total. The second-order valence-electron chi connectivity index (χ2n) is 11.8. The van der Waals surface area contributed by atoms with Crippen LogP contribution in [0.15, 0.2) is 12.2 Å². The van der Waals surface area contributed by atoms with E-state index in [2.05, 4.69) is 0 Å². The first-order valence-corrected chi connectivity index (χ1v) is 14.3. The van der Waals surface area contributed by atoms with Crippen molar-refractivity contribution in [1.82, 2.24) is 4.90 Å². The monoisotopic (exact) mass is 551 g/mol. The van der Waals surface area contributed by atoms with Crippen molar-refractivity contribution in [3.63, 3.8) is 0 Å². The van der Waals surface area contributed by atoms with Gasteiger partial charge in [0, 0.05) is 24.7 Å². The Morgan fingerprint density at radius 2 is 1.67 bits per heavy atom. The Bertz CT molecular complexity index is 901. The summed E-state index contributed by atoms with van der Waals surface area (Å²) in [7, 11) is 3.82. The highest BCUT2D eigenvalue weighted by molar-refractivity contribution is 6.00. The fraction of sp³-hybridized carbons (Fsp3) is 0.800. The van der Waals surface area contributed by atoms with Crippen molar-refractivity contribution in [2.45, 2.75) is 111 Å². The molecular weight excluding hydrogens is 502 g/mol. The number of allylic oxidation sites excluding steroid dienone is 1. The number of cyclic esters (lactones) is 1. The topological polar surface area (TPSA) is 108 Å². The van der Waals surface area contributed by atoms with Gasteiger partial charge in [0.1, 0.15) is 12.0 Å². The van der Waals surface area contributed by atoms with Crippen LogP contribution in [0.2, 0.25) is 0 Å². The number of Topliss-reactive ketones (excluding diaryl/α,β-unsaturated/α-hetero) is 1. The van der Waals surface area contributed by atoms with Crippen LogP contribution in [0.4, 0.5) is 0 Å². The lowest BCUT2D eigenvalue weighted by Crippen LogP contribution is -2.57. The molecule has 2 rings (SSSR count). The smallest absolute Gasteiger partial charge is 0.316 e. The van der Waals surface area contributed by atoms with Gasteiger partial charge < -0.3 is 23.8 Å². The minimum Gasteiger partial charge on any atom is -0.461 e. The van der Waals surface area contributed by atoms with E-state index in [1.54, 1.807) is 26.0 Å². The molecule has 222 valence electrons. The molecule has 0 bridgehead atoms. The first-order chi connectivity index (χ1) is 18.2. The summed E-state index contributed by atoms with van der Waals surface area (Å²) in [6, 6.07) is -0.157. The van der Waals surface area contributed by atoms with Crippen LogP contribution in [0.1, 0.15) is 74.7 Å². The maximum Gasteiger partial charge on any atom is 0.316 e. The number of ketones is 2. The predicted octanol–water partition coefficient (Wildman–Crippen LogP) is 3.97. The van der Waals surface area contributed by atoms with Crippen molar-refractivity contribution in [2.24, 2.45) is 29.6 Å². The van der Waals surface area contributed by atoms with Crippen molar-refractivity contribution >= 4 is 23.5 Å². The average molecular weight is 552 g/mol. The molecule has 39 heavy (non-hydrogen) atoms. The van der Waals surface area contributed by atoms with Crippen LogP contribution < -0.4 is 0 Å². The van der Waals surface area contributed by atoms with Gasteiger partial charge in [-0.25, -0.2) is 0 Å². The lowest BCUT2D eigenvalue weighted by molar-refractivity contribution is -0.282. The summed E-state index contributed by atoms with van der Waals surface area (Å²) in [6.45, 7) is 14.2. The number of hydrogen-bond acceptors (Lipinski definition) is 9. The van der Waals surface area contributed by atoms with Gasteiger partial charge in [0.05, 0.1) is 18.2 Å². The van der Waals surface area contributed by atoms with Gasteiger partial charge in [-0.1, -0.05) is 40.7 Å². The molecule has 0 aliphatic carbocycles. The molecular formula is C30H49NO8. The van der Waals surface area contributed by atoms with Gasteiger partial charge in [0.2, 0.25) is 0 Å². The van der Waals surface area contributed by atoms with Crippen LogP contribution in [-0.2, 0) is 38.1 Å². The Hall–Kier alpha value is -2.10. The van der Waals surface area contributed by atoms with E-state index in [1.165, 1.54) is 6.92 Å². The Morgan fingerprint density at radius 3 is 2.23 bits per heavy atom. The summed E-state index contributed by atoms with van der Waals surface area (Å²) in [6.07, 6.45) is 2.05. The molecule has 0 aromatic carbocycles. The van der Waals surface area contributed by atoms with E-state index in [9.17, 15) is 19.2 Å². The molecule has 1 fully saturated rings. The number of carbonyl (C=O) groups is 4. The summed E-state index contributed by atoms with van der Waals surface area (Å²) in [4.78, 5) is 53.6. The predicted molar refractivity (Wildman–Crippen MR) is 147 cm³/mol. The van der Waals surface area contributed by atoms with Crippen LogP contribution in [0.25, 0.3) is 0 Å². The highest BCUT2D eigenvalue weighted by Crippen LogP contribution is 2.33. The molecule has 0 aromatic rings. The van der Waals surface area contributed by atoms with E-state index in [0.29, 0.717) is 19.3 Å². The fourth-order valence-corrected chi connectivity index (χ4v) is 5.69. The van der Waals surface area contributed by atoms with Crippen molar-refractivity contribution in [3.8, 4) is 0 Å². The minimum absolute atomic E-state index is 0.0361.